The zero-order valence-electron chi connectivity index (χ0n) is 11.9. The van der Waals surface area contributed by atoms with Crippen LogP contribution in [0.15, 0.2) is 18.2 Å². The van der Waals surface area contributed by atoms with Crippen molar-refractivity contribution in [2.24, 2.45) is 11.7 Å². The molecule has 0 radical (unpaired) electrons. The van der Waals surface area contributed by atoms with Crippen molar-refractivity contribution in [3.8, 4) is 5.75 Å². The number of rotatable bonds is 9. The summed E-state index contributed by atoms with van der Waals surface area (Å²) in [6, 6.07) is 5.17. The van der Waals surface area contributed by atoms with Gasteiger partial charge in [-0.2, -0.15) is 0 Å². The maximum absolute atomic E-state index is 13.6. The molecule has 0 amide bonds. The fourth-order valence-corrected chi connectivity index (χ4v) is 1.94. The van der Waals surface area contributed by atoms with Gasteiger partial charge < -0.3 is 15.8 Å². The number of ether oxygens (including phenoxy) is 1. The minimum atomic E-state index is -0.282. The molecule has 0 aliphatic rings. The number of halogens is 1. The van der Waals surface area contributed by atoms with Crippen molar-refractivity contribution in [3.63, 3.8) is 0 Å². The fourth-order valence-electron chi connectivity index (χ4n) is 1.94. The van der Waals surface area contributed by atoms with Gasteiger partial charge in [-0.15, -0.1) is 0 Å². The molecule has 3 nitrogen and oxygen atoms in total. The summed E-state index contributed by atoms with van der Waals surface area (Å²) in [5.74, 6) is 0.633. The van der Waals surface area contributed by atoms with Gasteiger partial charge >= 0.3 is 0 Å². The third-order valence-electron chi connectivity index (χ3n) is 3.04. The molecule has 1 atom stereocenters. The Hall–Kier alpha value is -1.13. The van der Waals surface area contributed by atoms with Gasteiger partial charge in [-0.3, -0.25) is 0 Å². The van der Waals surface area contributed by atoms with Crippen LogP contribution in [0.2, 0.25) is 0 Å². The van der Waals surface area contributed by atoms with E-state index in [4.69, 9.17) is 10.5 Å². The third kappa shape index (κ3) is 6.03. The summed E-state index contributed by atoms with van der Waals surface area (Å²) in [5, 5.41) is 3.37. The Balaban J connectivity index is 2.31. The molecular weight excluding hydrogens is 243 g/mol. The molecule has 0 fully saturated rings. The second-order valence-corrected chi connectivity index (χ2v) is 4.83. The average Bonchev–Trinajstić information content (AvgIpc) is 2.38. The van der Waals surface area contributed by atoms with Gasteiger partial charge in [0.2, 0.25) is 0 Å². The maximum atomic E-state index is 13.6. The van der Waals surface area contributed by atoms with E-state index in [1.54, 1.807) is 12.1 Å². The second-order valence-electron chi connectivity index (χ2n) is 4.83. The number of benzene rings is 1. The Labute approximate surface area is 115 Å². The summed E-state index contributed by atoms with van der Waals surface area (Å²) in [6.07, 6.45) is 1.85. The molecule has 19 heavy (non-hydrogen) atoms. The Kier molecular flexibility index (Phi) is 7.45. The summed E-state index contributed by atoms with van der Waals surface area (Å²) in [7, 11) is 0. The van der Waals surface area contributed by atoms with Crippen LogP contribution < -0.4 is 15.8 Å². The van der Waals surface area contributed by atoms with Crippen LogP contribution in [0.3, 0.4) is 0 Å². The normalized spacial score (nSPS) is 12.4. The molecule has 108 valence electrons. The summed E-state index contributed by atoms with van der Waals surface area (Å²) in [5.41, 5.74) is 6.48. The molecule has 4 heteroatoms. The number of hydrogen-bond donors (Lipinski definition) is 2. The lowest BCUT2D eigenvalue weighted by atomic mass is 10.1. The molecule has 0 spiro atoms. The Morgan fingerprint density at radius 2 is 2.21 bits per heavy atom. The summed E-state index contributed by atoms with van der Waals surface area (Å²) in [6.45, 7) is 7.04. The highest BCUT2D eigenvalue weighted by Crippen LogP contribution is 2.18. The standard InChI is InChI=1S/C15H25FN2O/c1-3-19-15-5-4-13(10-14(15)16)7-9-18-11-12(2)6-8-17/h4-5,10,12,18H,3,6-9,11,17H2,1-2H3. The van der Waals surface area contributed by atoms with Gasteiger partial charge in [-0.25, -0.2) is 4.39 Å². The molecule has 0 aliphatic heterocycles. The van der Waals surface area contributed by atoms with E-state index < -0.39 is 0 Å². The second kappa shape index (κ2) is 8.88. The molecule has 1 unspecified atom stereocenters. The van der Waals surface area contributed by atoms with E-state index in [9.17, 15) is 4.39 Å². The highest BCUT2D eigenvalue weighted by molar-refractivity contribution is 5.29. The van der Waals surface area contributed by atoms with E-state index >= 15 is 0 Å². The predicted octanol–water partition coefficient (Wildman–Crippen LogP) is 2.34. The van der Waals surface area contributed by atoms with Crippen molar-refractivity contribution in [2.45, 2.75) is 26.7 Å². The van der Waals surface area contributed by atoms with Crippen LogP contribution in [0, 0.1) is 11.7 Å². The minimum Gasteiger partial charge on any atom is -0.491 e. The zero-order chi connectivity index (χ0) is 14.1. The molecule has 0 saturated heterocycles. The molecule has 1 aromatic carbocycles. The topological polar surface area (TPSA) is 47.3 Å². The van der Waals surface area contributed by atoms with Crippen molar-refractivity contribution in [3.05, 3.63) is 29.6 Å². The lowest BCUT2D eigenvalue weighted by Gasteiger charge is -2.11. The first kappa shape index (κ1) is 15.9. The first-order valence-electron chi connectivity index (χ1n) is 6.99. The Bertz CT molecular complexity index is 371. The van der Waals surface area contributed by atoms with Crippen LogP contribution in [0.1, 0.15) is 25.8 Å². The molecule has 3 N–H and O–H groups in total. The molecular formula is C15H25FN2O. The molecule has 0 bridgehead atoms. The Morgan fingerprint density at radius 1 is 1.42 bits per heavy atom. The maximum Gasteiger partial charge on any atom is 0.165 e. The van der Waals surface area contributed by atoms with E-state index in [0.717, 1.165) is 38.0 Å². The lowest BCUT2D eigenvalue weighted by molar-refractivity contribution is 0.321. The largest absolute Gasteiger partial charge is 0.491 e. The first-order valence-corrected chi connectivity index (χ1v) is 6.99. The smallest absolute Gasteiger partial charge is 0.165 e. The third-order valence-corrected chi connectivity index (χ3v) is 3.04. The van der Waals surface area contributed by atoms with Crippen LogP contribution in [0.5, 0.6) is 5.75 Å². The molecule has 1 rings (SSSR count). The van der Waals surface area contributed by atoms with E-state index in [1.165, 1.54) is 0 Å². The lowest BCUT2D eigenvalue weighted by Crippen LogP contribution is -2.24. The van der Waals surface area contributed by atoms with Crippen molar-refractivity contribution in [2.75, 3.05) is 26.2 Å². The van der Waals surface area contributed by atoms with Crippen LogP contribution in [0.25, 0.3) is 0 Å². The Morgan fingerprint density at radius 3 is 2.84 bits per heavy atom. The molecule has 0 saturated carbocycles. The summed E-state index contributed by atoms with van der Waals surface area (Å²) >= 11 is 0. The van der Waals surface area contributed by atoms with Crippen LogP contribution in [-0.2, 0) is 6.42 Å². The van der Waals surface area contributed by atoms with Crippen molar-refractivity contribution >= 4 is 0 Å². The van der Waals surface area contributed by atoms with E-state index in [2.05, 4.69) is 12.2 Å². The van der Waals surface area contributed by atoms with E-state index in [1.807, 2.05) is 13.0 Å². The van der Waals surface area contributed by atoms with Gasteiger partial charge in [-0.1, -0.05) is 13.0 Å². The number of nitrogens with one attached hydrogen (secondary N) is 1. The summed E-state index contributed by atoms with van der Waals surface area (Å²) < 4.78 is 18.8. The monoisotopic (exact) mass is 268 g/mol. The number of nitrogens with two attached hydrogens (primary N) is 1. The van der Waals surface area contributed by atoms with Crippen LogP contribution in [-0.4, -0.2) is 26.2 Å². The quantitative estimate of drug-likeness (QED) is 0.676. The van der Waals surface area contributed by atoms with Crippen molar-refractivity contribution in [1.29, 1.82) is 0 Å². The van der Waals surface area contributed by atoms with Gasteiger partial charge in [0.25, 0.3) is 0 Å². The first-order chi connectivity index (χ1) is 9.17. The van der Waals surface area contributed by atoms with Gasteiger partial charge in [0.05, 0.1) is 6.61 Å². The minimum absolute atomic E-state index is 0.282. The number of hydrogen-bond acceptors (Lipinski definition) is 3. The van der Waals surface area contributed by atoms with Gasteiger partial charge in [0.1, 0.15) is 0 Å². The van der Waals surface area contributed by atoms with Crippen LogP contribution >= 0.6 is 0 Å². The average molecular weight is 268 g/mol. The zero-order valence-corrected chi connectivity index (χ0v) is 11.9. The predicted molar refractivity (Wildman–Crippen MR) is 77.0 cm³/mol. The van der Waals surface area contributed by atoms with Gasteiger partial charge in [-0.05, 0) is 63.0 Å². The molecule has 0 aliphatic carbocycles. The summed E-state index contributed by atoms with van der Waals surface area (Å²) in [4.78, 5) is 0. The fraction of sp³-hybridized carbons (Fsp3) is 0.600. The SMILES string of the molecule is CCOc1ccc(CCNCC(C)CCN)cc1F. The van der Waals surface area contributed by atoms with E-state index in [0.29, 0.717) is 18.3 Å². The van der Waals surface area contributed by atoms with Gasteiger partial charge in [0.15, 0.2) is 11.6 Å². The molecule has 0 aromatic heterocycles. The molecule has 0 heterocycles. The van der Waals surface area contributed by atoms with E-state index in [-0.39, 0.29) is 5.82 Å². The van der Waals surface area contributed by atoms with Crippen molar-refractivity contribution in [1.82, 2.24) is 5.32 Å². The highest BCUT2D eigenvalue weighted by atomic mass is 19.1. The van der Waals surface area contributed by atoms with Gasteiger partial charge in [0, 0.05) is 0 Å². The molecule has 1 aromatic rings. The van der Waals surface area contributed by atoms with Crippen LogP contribution in [0.4, 0.5) is 4.39 Å². The highest BCUT2D eigenvalue weighted by Gasteiger charge is 2.04. The van der Waals surface area contributed by atoms with Crippen molar-refractivity contribution < 1.29 is 9.13 Å².